The van der Waals surface area contributed by atoms with Gasteiger partial charge in [-0.3, -0.25) is 0 Å². The summed E-state index contributed by atoms with van der Waals surface area (Å²) in [4.78, 5) is 0. The number of methoxy groups -OCH3 is 1. The molecule has 1 aromatic rings. The number of hydrogen-bond acceptors (Lipinski definition) is 2. The van der Waals surface area contributed by atoms with Crippen molar-refractivity contribution in [3.05, 3.63) is 35.6 Å². The summed E-state index contributed by atoms with van der Waals surface area (Å²) in [7, 11) is 1.73. The standard InChI is InChI=1S/C14H20FNO/c1-17-8-2-7-16-14-9-12(10-14)11-3-5-13(15)6-4-11/h3-6,12,14,16H,2,7-10H2,1H3. The summed E-state index contributed by atoms with van der Waals surface area (Å²) in [5.41, 5.74) is 1.27. The number of ether oxygens (including phenoxy) is 1. The van der Waals surface area contributed by atoms with Gasteiger partial charge in [-0.15, -0.1) is 0 Å². The molecule has 0 spiro atoms. The summed E-state index contributed by atoms with van der Waals surface area (Å²) in [5, 5.41) is 3.51. The van der Waals surface area contributed by atoms with Crippen LogP contribution >= 0.6 is 0 Å². The third-order valence-corrected chi connectivity index (χ3v) is 3.44. The number of benzene rings is 1. The Kier molecular flexibility index (Phi) is 4.51. The molecule has 1 aliphatic rings. The largest absolute Gasteiger partial charge is 0.385 e. The summed E-state index contributed by atoms with van der Waals surface area (Å²) >= 11 is 0. The third kappa shape index (κ3) is 3.51. The van der Waals surface area contributed by atoms with Crippen molar-refractivity contribution in [1.29, 1.82) is 0 Å². The van der Waals surface area contributed by atoms with Gasteiger partial charge in [0.1, 0.15) is 5.82 Å². The highest BCUT2D eigenvalue weighted by atomic mass is 19.1. The molecule has 0 aromatic heterocycles. The Balaban J connectivity index is 1.66. The lowest BCUT2D eigenvalue weighted by Gasteiger charge is -2.36. The minimum absolute atomic E-state index is 0.151. The Morgan fingerprint density at radius 1 is 1.29 bits per heavy atom. The van der Waals surface area contributed by atoms with Gasteiger partial charge in [-0.2, -0.15) is 0 Å². The lowest BCUT2D eigenvalue weighted by molar-refractivity contribution is 0.189. The Hall–Kier alpha value is -0.930. The maximum Gasteiger partial charge on any atom is 0.123 e. The topological polar surface area (TPSA) is 21.3 Å². The normalized spacial score (nSPS) is 23.4. The van der Waals surface area contributed by atoms with Gasteiger partial charge < -0.3 is 10.1 Å². The van der Waals surface area contributed by atoms with E-state index in [0.717, 1.165) is 19.6 Å². The van der Waals surface area contributed by atoms with Gasteiger partial charge in [-0.25, -0.2) is 4.39 Å². The van der Waals surface area contributed by atoms with Gasteiger partial charge in [0.25, 0.3) is 0 Å². The van der Waals surface area contributed by atoms with E-state index >= 15 is 0 Å². The van der Waals surface area contributed by atoms with Gasteiger partial charge in [0.05, 0.1) is 0 Å². The summed E-state index contributed by atoms with van der Waals surface area (Å²) in [5.74, 6) is 0.456. The van der Waals surface area contributed by atoms with Gasteiger partial charge in [0.2, 0.25) is 0 Å². The predicted molar refractivity (Wildman–Crippen MR) is 66.7 cm³/mol. The van der Waals surface area contributed by atoms with Crippen LogP contribution in [0.2, 0.25) is 0 Å². The molecule has 1 aliphatic carbocycles. The smallest absolute Gasteiger partial charge is 0.123 e. The van der Waals surface area contributed by atoms with Crippen molar-refractivity contribution in [3.63, 3.8) is 0 Å². The second kappa shape index (κ2) is 6.12. The molecule has 94 valence electrons. The summed E-state index contributed by atoms with van der Waals surface area (Å²) in [6.07, 6.45) is 3.39. The molecular formula is C14H20FNO. The van der Waals surface area contributed by atoms with Crippen LogP contribution in [0, 0.1) is 5.82 Å². The third-order valence-electron chi connectivity index (χ3n) is 3.44. The van der Waals surface area contributed by atoms with Crippen molar-refractivity contribution in [2.24, 2.45) is 0 Å². The summed E-state index contributed by atoms with van der Waals surface area (Å²) in [6.45, 7) is 1.84. The first-order valence-electron chi connectivity index (χ1n) is 6.27. The number of nitrogens with one attached hydrogen (secondary N) is 1. The fraction of sp³-hybridized carbons (Fsp3) is 0.571. The molecule has 1 fully saturated rings. The minimum Gasteiger partial charge on any atom is -0.385 e. The molecular weight excluding hydrogens is 217 g/mol. The minimum atomic E-state index is -0.151. The molecule has 0 atom stereocenters. The first kappa shape index (κ1) is 12.5. The van der Waals surface area contributed by atoms with Crippen molar-refractivity contribution in [2.45, 2.75) is 31.2 Å². The number of hydrogen-bond donors (Lipinski definition) is 1. The SMILES string of the molecule is COCCCNC1CC(c2ccc(F)cc2)C1. The monoisotopic (exact) mass is 237 g/mol. The first-order chi connectivity index (χ1) is 8.29. The zero-order chi connectivity index (χ0) is 12.1. The lowest BCUT2D eigenvalue weighted by Crippen LogP contribution is -2.40. The molecule has 17 heavy (non-hydrogen) atoms. The molecule has 0 saturated heterocycles. The van der Waals surface area contributed by atoms with Crippen molar-refractivity contribution in [2.75, 3.05) is 20.3 Å². The van der Waals surface area contributed by atoms with E-state index in [2.05, 4.69) is 5.32 Å². The highest BCUT2D eigenvalue weighted by Gasteiger charge is 2.29. The average molecular weight is 237 g/mol. The van der Waals surface area contributed by atoms with Crippen molar-refractivity contribution in [1.82, 2.24) is 5.32 Å². The Labute approximate surface area is 102 Å². The van der Waals surface area contributed by atoms with Gasteiger partial charge in [0, 0.05) is 19.8 Å². The van der Waals surface area contributed by atoms with Crippen LogP contribution in [-0.4, -0.2) is 26.3 Å². The van der Waals surface area contributed by atoms with Gasteiger partial charge in [-0.05, 0) is 49.4 Å². The molecule has 1 N–H and O–H groups in total. The van der Waals surface area contributed by atoms with Crippen LogP contribution in [0.5, 0.6) is 0 Å². The van der Waals surface area contributed by atoms with E-state index in [1.807, 2.05) is 12.1 Å². The molecule has 1 aromatic carbocycles. The number of halogens is 1. The van der Waals surface area contributed by atoms with E-state index in [0.29, 0.717) is 12.0 Å². The van der Waals surface area contributed by atoms with Crippen LogP contribution in [0.4, 0.5) is 4.39 Å². The van der Waals surface area contributed by atoms with Gasteiger partial charge in [0.15, 0.2) is 0 Å². The fourth-order valence-electron chi connectivity index (χ4n) is 2.31. The molecule has 1 saturated carbocycles. The van der Waals surface area contributed by atoms with Crippen LogP contribution in [0.25, 0.3) is 0 Å². The lowest BCUT2D eigenvalue weighted by atomic mass is 9.76. The second-order valence-corrected chi connectivity index (χ2v) is 4.72. The first-order valence-corrected chi connectivity index (χ1v) is 6.27. The van der Waals surface area contributed by atoms with E-state index < -0.39 is 0 Å². The van der Waals surface area contributed by atoms with Crippen LogP contribution < -0.4 is 5.32 Å². The molecule has 0 heterocycles. The Morgan fingerprint density at radius 2 is 2.00 bits per heavy atom. The molecule has 0 bridgehead atoms. The quantitative estimate of drug-likeness (QED) is 0.768. The van der Waals surface area contributed by atoms with Crippen molar-refractivity contribution in [3.8, 4) is 0 Å². The maximum atomic E-state index is 12.8. The van der Waals surface area contributed by atoms with E-state index in [4.69, 9.17) is 4.74 Å². The van der Waals surface area contributed by atoms with E-state index in [1.165, 1.54) is 18.4 Å². The molecule has 0 unspecified atom stereocenters. The highest BCUT2D eigenvalue weighted by molar-refractivity contribution is 5.23. The van der Waals surface area contributed by atoms with Crippen LogP contribution in [0.3, 0.4) is 0 Å². The molecule has 2 rings (SSSR count). The Bertz CT molecular complexity index is 333. The maximum absolute atomic E-state index is 12.8. The summed E-state index contributed by atoms with van der Waals surface area (Å²) in [6, 6.07) is 7.54. The van der Waals surface area contributed by atoms with Crippen LogP contribution in [0.15, 0.2) is 24.3 Å². The van der Waals surface area contributed by atoms with Crippen LogP contribution in [-0.2, 0) is 4.74 Å². The molecule has 0 amide bonds. The Morgan fingerprint density at radius 3 is 2.65 bits per heavy atom. The van der Waals surface area contributed by atoms with Gasteiger partial charge in [-0.1, -0.05) is 12.1 Å². The highest BCUT2D eigenvalue weighted by Crippen LogP contribution is 2.36. The zero-order valence-electron chi connectivity index (χ0n) is 10.3. The van der Waals surface area contributed by atoms with Gasteiger partial charge >= 0.3 is 0 Å². The zero-order valence-corrected chi connectivity index (χ0v) is 10.3. The fourth-order valence-corrected chi connectivity index (χ4v) is 2.31. The van der Waals surface area contributed by atoms with E-state index in [1.54, 1.807) is 19.2 Å². The molecule has 0 radical (unpaired) electrons. The molecule has 0 aliphatic heterocycles. The predicted octanol–water partition coefficient (Wildman–Crippen LogP) is 2.70. The molecule has 2 nitrogen and oxygen atoms in total. The average Bonchev–Trinajstić information content (AvgIpc) is 2.28. The second-order valence-electron chi connectivity index (χ2n) is 4.72. The van der Waals surface area contributed by atoms with E-state index in [9.17, 15) is 4.39 Å². The van der Waals surface area contributed by atoms with Crippen molar-refractivity contribution >= 4 is 0 Å². The molecule has 3 heteroatoms. The number of rotatable bonds is 6. The van der Waals surface area contributed by atoms with E-state index in [-0.39, 0.29) is 5.82 Å². The summed E-state index contributed by atoms with van der Waals surface area (Å²) < 4.78 is 17.8. The van der Waals surface area contributed by atoms with Crippen molar-refractivity contribution < 1.29 is 9.13 Å². The van der Waals surface area contributed by atoms with Crippen LogP contribution in [0.1, 0.15) is 30.7 Å².